The van der Waals surface area contributed by atoms with Crippen LogP contribution in [0, 0.1) is 5.92 Å². The van der Waals surface area contributed by atoms with Crippen LogP contribution in [0.15, 0.2) is 17.0 Å². The zero-order valence-electron chi connectivity index (χ0n) is 6.79. The monoisotopic (exact) mass is 140 g/mol. The van der Waals surface area contributed by atoms with Crippen LogP contribution < -0.4 is 4.57 Å². The van der Waals surface area contributed by atoms with Gasteiger partial charge in [-0.1, -0.05) is 13.8 Å². The standard InChI is InChI=1S/C8H14NO/c1-7(2)4-8-5-9(3)6-10-8/h5-7H,4H2,1-3H3/q+1. The summed E-state index contributed by atoms with van der Waals surface area (Å²) in [5.74, 6) is 1.74. The minimum Gasteiger partial charge on any atom is -0.409 e. The highest BCUT2D eigenvalue weighted by Gasteiger charge is 2.05. The van der Waals surface area contributed by atoms with Gasteiger partial charge in [0.15, 0.2) is 5.76 Å². The molecular weight excluding hydrogens is 126 g/mol. The van der Waals surface area contributed by atoms with Gasteiger partial charge in [0.25, 0.3) is 0 Å². The fourth-order valence-electron chi connectivity index (χ4n) is 0.942. The summed E-state index contributed by atoms with van der Waals surface area (Å²) in [6.07, 6.45) is 4.76. The topological polar surface area (TPSA) is 17.0 Å². The molecule has 1 aromatic heterocycles. The minimum absolute atomic E-state index is 0.672. The van der Waals surface area contributed by atoms with Gasteiger partial charge in [-0.15, -0.1) is 0 Å². The fourth-order valence-corrected chi connectivity index (χ4v) is 0.942. The molecule has 0 atom stereocenters. The molecule has 0 aromatic carbocycles. The Morgan fingerprint density at radius 1 is 1.60 bits per heavy atom. The number of oxazole rings is 1. The van der Waals surface area contributed by atoms with Crippen LogP contribution in [-0.4, -0.2) is 0 Å². The van der Waals surface area contributed by atoms with Crippen molar-refractivity contribution in [1.29, 1.82) is 0 Å². The van der Waals surface area contributed by atoms with Crippen molar-refractivity contribution >= 4 is 0 Å². The van der Waals surface area contributed by atoms with Gasteiger partial charge in [0.2, 0.25) is 6.20 Å². The van der Waals surface area contributed by atoms with Gasteiger partial charge in [0, 0.05) is 6.42 Å². The number of aromatic nitrogens is 1. The van der Waals surface area contributed by atoms with Gasteiger partial charge in [-0.25, -0.2) is 0 Å². The molecule has 0 saturated carbocycles. The lowest BCUT2D eigenvalue weighted by atomic mass is 10.1. The van der Waals surface area contributed by atoms with Crippen LogP contribution in [0.4, 0.5) is 0 Å². The van der Waals surface area contributed by atoms with E-state index in [0.29, 0.717) is 5.92 Å². The molecule has 0 aliphatic carbocycles. The molecule has 1 aromatic rings. The van der Waals surface area contributed by atoms with Crippen LogP contribution in [0.5, 0.6) is 0 Å². The second kappa shape index (κ2) is 2.86. The summed E-state index contributed by atoms with van der Waals surface area (Å²) in [4.78, 5) is 0. The van der Waals surface area contributed by atoms with Crippen molar-refractivity contribution in [2.45, 2.75) is 20.3 Å². The molecular formula is C8H14NO+. The van der Waals surface area contributed by atoms with Crippen LogP contribution in [0.25, 0.3) is 0 Å². The number of rotatable bonds is 2. The van der Waals surface area contributed by atoms with Gasteiger partial charge in [0.1, 0.15) is 7.05 Å². The zero-order chi connectivity index (χ0) is 7.56. The van der Waals surface area contributed by atoms with Crippen LogP contribution in [0.2, 0.25) is 0 Å². The first kappa shape index (κ1) is 7.32. The maximum Gasteiger partial charge on any atom is 0.334 e. The van der Waals surface area contributed by atoms with Gasteiger partial charge in [-0.05, 0) is 5.92 Å². The molecule has 2 heteroatoms. The lowest BCUT2D eigenvalue weighted by Crippen LogP contribution is -2.22. The predicted octanol–water partition coefficient (Wildman–Crippen LogP) is 1.30. The van der Waals surface area contributed by atoms with Gasteiger partial charge in [-0.2, -0.15) is 4.57 Å². The number of aryl methyl sites for hydroxylation is 1. The summed E-state index contributed by atoms with van der Waals surface area (Å²) >= 11 is 0. The van der Waals surface area contributed by atoms with Crippen LogP contribution in [0.1, 0.15) is 19.6 Å². The average molecular weight is 140 g/mol. The van der Waals surface area contributed by atoms with Crippen molar-refractivity contribution in [3.05, 3.63) is 18.4 Å². The predicted molar refractivity (Wildman–Crippen MR) is 38.4 cm³/mol. The summed E-state index contributed by atoms with van der Waals surface area (Å²) in [5, 5.41) is 0. The molecule has 0 bridgehead atoms. The van der Waals surface area contributed by atoms with Crippen molar-refractivity contribution in [2.24, 2.45) is 13.0 Å². The van der Waals surface area contributed by atoms with E-state index in [1.165, 1.54) is 0 Å². The first-order valence-corrected chi connectivity index (χ1v) is 3.61. The molecule has 2 nitrogen and oxygen atoms in total. The van der Waals surface area contributed by atoms with E-state index in [-0.39, 0.29) is 0 Å². The normalized spacial score (nSPS) is 10.8. The van der Waals surface area contributed by atoms with E-state index in [1.54, 1.807) is 6.39 Å². The Balaban J connectivity index is 2.58. The Labute approximate surface area is 61.5 Å². The number of hydrogen-bond acceptors (Lipinski definition) is 1. The summed E-state index contributed by atoms with van der Waals surface area (Å²) in [6.45, 7) is 4.37. The lowest BCUT2D eigenvalue weighted by molar-refractivity contribution is -0.674. The fraction of sp³-hybridized carbons (Fsp3) is 0.625. The quantitative estimate of drug-likeness (QED) is 0.566. The van der Waals surface area contributed by atoms with Crippen LogP contribution in [0.3, 0.4) is 0 Å². The molecule has 1 heterocycles. The third-order valence-corrected chi connectivity index (χ3v) is 1.33. The van der Waals surface area contributed by atoms with Crippen molar-refractivity contribution in [3.8, 4) is 0 Å². The van der Waals surface area contributed by atoms with E-state index >= 15 is 0 Å². The molecule has 0 aliphatic heterocycles. The zero-order valence-corrected chi connectivity index (χ0v) is 6.79. The highest BCUT2D eigenvalue weighted by molar-refractivity contribution is 4.84. The van der Waals surface area contributed by atoms with Gasteiger partial charge >= 0.3 is 6.39 Å². The van der Waals surface area contributed by atoms with E-state index in [0.717, 1.165) is 12.2 Å². The van der Waals surface area contributed by atoms with E-state index < -0.39 is 0 Å². The molecule has 0 aliphatic rings. The Morgan fingerprint density at radius 3 is 2.70 bits per heavy atom. The smallest absolute Gasteiger partial charge is 0.334 e. The molecule has 56 valence electrons. The SMILES string of the molecule is CC(C)Cc1c[n+](C)co1. The summed E-state index contributed by atoms with van der Waals surface area (Å²) in [5.41, 5.74) is 0. The molecule has 0 N–H and O–H groups in total. The highest BCUT2D eigenvalue weighted by Crippen LogP contribution is 2.04. The third-order valence-electron chi connectivity index (χ3n) is 1.33. The van der Waals surface area contributed by atoms with E-state index in [9.17, 15) is 0 Å². The second-order valence-electron chi connectivity index (χ2n) is 3.08. The first-order valence-electron chi connectivity index (χ1n) is 3.61. The molecule has 10 heavy (non-hydrogen) atoms. The Morgan fingerprint density at radius 2 is 2.30 bits per heavy atom. The van der Waals surface area contributed by atoms with E-state index in [1.807, 2.05) is 17.8 Å². The highest BCUT2D eigenvalue weighted by atomic mass is 16.3. The van der Waals surface area contributed by atoms with Crippen LogP contribution >= 0.6 is 0 Å². The molecule has 0 spiro atoms. The van der Waals surface area contributed by atoms with Crippen molar-refractivity contribution < 1.29 is 8.98 Å². The molecule has 0 amide bonds. The maximum atomic E-state index is 5.24. The molecule has 0 fully saturated rings. The first-order chi connectivity index (χ1) is 4.68. The molecule has 1 rings (SSSR count). The number of hydrogen-bond donors (Lipinski definition) is 0. The van der Waals surface area contributed by atoms with Crippen molar-refractivity contribution in [2.75, 3.05) is 0 Å². The van der Waals surface area contributed by atoms with Crippen LogP contribution in [-0.2, 0) is 13.5 Å². The molecule has 0 saturated heterocycles. The molecule has 0 radical (unpaired) electrons. The third kappa shape index (κ3) is 1.87. The van der Waals surface area contributed by atoms with Gasteiger partial charge < -0.3 is 4.42 Å². The molecule has 0 unspecified atom stereocenters. The van der Waals surface area contributed by atoms with E-state index in [4.69, 9.17) is 4.42 Å². The maximum absolute atomic E-state index is 5.24. The largest absolute Gasteiger partial charge is 0.409 e. The van der Waals surface area contributed by atoms with Crippen molar-refractivity contribution in [1.82, 2.24) is 0 Å². The Hall–Kier alpha value is -0.790. The Bertz CT molecular complexity index is 203. The number of nitrogens with zero attached hydrogens (tertiary/aromatic N) is 1. The average Bonchev–Trinajstić information content (AvgIpc) is 2.13. The van der Waals surface area contributed by atoms with Gasteiger partial charge in [-0.3, -0.25) is 0 Å². The van der Waals surface area contributed by atoms with Crippen molar-refractivity contribution in [3.63, 3.8) is 0 Å². The Kier molecular flexibility index (Phi) is 2.10. The minimum atomic E-state index is 0.672. The summed E-state index contributed by atoms with van der Waals surface area (Å²) < 4.78 is 7.17. The van der Waals surface area contributed by atoms with Gasteiger partial charge in [0.05, 0.1) is 0 Å². The van der Waals surface area contributed by atoms with E-state index in [2.05, 4.69) is 13.8 Å². The second-order valence-corrected chi connectivity index (χ2v) is 3.08. The summed E-state index contributed by atoms with van der Waals surface area (Å²) in [7, 11) is 1.97. The lowest BCUT2D eigenvalue weighted by Gasteiger charge is -1.95. The summed E-state index contributed by atoms with van der Waals surface area (Å²) in [6, 6.07) is 0.